The maximum atomic E-state index is 13.5. The van der Waals surface area contributed by atoms with Gasteiger partial charge in [-0.15, -0.1) is 11.8 Å². The summed E-state index contributed by atoms with van der Waals surface area (Å²) < 4.78 is 5.55. The van der Waals surface area contributed by atoms with Gasteiger partial charge in [-0.2, -0.15) is 0 Å². The molecule has 2 aromatic rings. The van der Waals surface area contributed by atoms with Gasteiger partial charge >= 0.3 is 5.97 Å². The van der Waals surface area contributed by atoms with Crippen molar-refractivity contribution in [1.82, 2.24) is 4.90 Å². The van der Waals surface area contributed by atoms with Crippen LogP contribution in [0.1, 0.15) is 17.7 Å². The van der Waals surface area contributed by atoms with Crippen LogP contribution >= 0.6 is 11.8 Å². The SMILES string of the molecule is CC(=O)OC1C(=O)N(CCN(C)C)c2ccccc2SC1c1ccccc1. The molecule has 2 aromatic carbocycles. The number of benzene rings is 2. The summed E-state index contributed by atoms with van der Waals surface area (Å²) in [5.74, 6) is -0.633. The Morgan fingerprint density at radius 1 is 1.11 bits per heavy atom. The van der Waals surface area contributed by atoms with E-state index in [1.165, 1.54) is 6.92 Å². The number of nitrogens with zero attached hydrogens (tertiary/aromatic N) is 2. The topological polar surface area (TPSA) is 49.9 Å². The molecule has 0 saturated heterocycles. The van der Waals surface area contributed by atoms with Crippen LogP contribution in [0.4, 0.5) is 5.69 Å². The van der Waals surface area contributed by atoms with Crippen molar-refractivity contribution >= 4 is 29.3 Å². The molecule has 142 valence electrons. The summed E-state index contributed by atoms with van der Waals surface area (Å²) in [5.41, 5.74) is 1.83. The molecule has 27 heavy (non-hydrogen) atoms. The fourth-order valence-electron chi connectivity index (χ4n) is 3.09. The van der Waals surface area contributed by atoms with E-state index >= 15 is 0 Å². The number of anilines is 1. The standard InChI is InChI=1S/C21H24N2O3S/c1-15(24)26-19-20(16-9-5-4-6-10-16)27-18-12-8-7-11-17(18)23(21(19)25)14-13-22(2)3/h4-12,19-20H,13-14H2,1-3H3. The van der Waals surface area contributed by atoms with Crippen LogP contribution in [0.5, 0.6) is 0 Å². The number of likely N-dealkylation sites (N-methyl/N-ethyl adjacent to an activating group) is 1. The Labute approximate surface area is 164 Å². The molecule has 2 unspecified atom stereocenters. The minimum atomic E-state index is -0.871. The molecule has 1 aliphatic rings. The zero-order valence-corrected chi connectivity index (χ0v) is 16.6. The third kappa shape index (κ3) is 4.51. The predicted molar refractivity (Wildman–Crippen MR) is 108 cm³/mol. The molecule has 1 amide bonds. The Morgan fingerprint density at radius 2 is 1.78 bits per heavy atom. The third-order valence-electron chi connectivity index (χ3n) is 4.39. The Morgan fingerprint density at radius 3 is 2.44 bits per heavy atom. The van der Waals surface area contributed by atoms with Gasteiger partial charge in [0.05, 0.1) is 10.9 Å². The van der Waals surface area contributed by atoms with Gasteiger partial charge in [0.1, 0.15) is 0 Å². The highest BCUT2D eigenvalue weighted by Crippen LogP contribution is 2.46. The summed E-state index contributed by atoms with van der Waals surface area (Å²) in [6.07, 6.45) is -0.871. The van der Waals surface area contributed by atoms with Crippen molar-refractivity contribution in [2.45, 2.75) is 23.2 Å². The number of para-hydroxylation sites is 1. The van der Waals surface area contributed by atoms with Gasteiger partial charge in [-0.3, -0.25) is 9.59 Å². The number of fused-ring (bicyclic) bond motifs is 1. The van der Waals surface area contributed by atoms with Crippen LogP contribution in [0.2, 0.25) is 0 Å². The second kappa shape index (κ2) is 8.59. The van der Waals surface area contributed by atoms with Gasteiger partial charge < -0.3 is 14.5 Å². The number of hydrogen-bond donors (Lipinski definition) is 0. The van der Waals surface area contributed by atoms with Crippen molar-refractivity contribution in [3.05, 3.63) is 60.2 Å². The Balaban J connectivity index is 2.06. The fourth-order valence-corrected chi connectivity index (χ4v) is 4.41. The zero-order chi connectivity index (χ0) is 19.4. The van der Waals surface area contributed by atoms with Gasteiger partial charge in [-0.25, -0.2) is 0 Å². The molecular weight excluding hydrogens is 360 g/mol. The lowest BCUT2D eigenvalue weighted by Gasteiger charge is -2.28. The molecular formula is C21H24N2O3S. The number of amides is 1. The van der Waals surface area contributed by atoms with E-state index in [1.54, 1.807) is 16.7 Å². The van der Waals surface area contributed by atoms with Crippen LogP contribution in [-0.4, -0.2) is 50.1 Å². The number of hydrogen-bond acceptors (Lipinski definition) is 5. The highest BCUT2D eigenvalue weighted by atomic mass is 32.2. The van der Waals surface area contributed by atoms with E-state index in [0.717, 1.165) is 16.1 Å². The van der Waals surface area contributed by atoms with Gasteiger partial charge in [0.25, 0.3) is 5.91 Å². The average Bonchev–Trinajstić information content (AvgIpc) is 2.76. The van der Waals surface area contributed by atoms with Crippen molar-refractivity contribution in [2.24, 2.45) is 0 Å². The summed E-state index contributed by atoms with van der Waals surface area (Å²) in [6, 6.07) is 17.6. The number of thioether (sulfide) groups is 1. The fraction of sp³-hybridized carbons (Fsp3) is 0.333. The smallest absolute Gasteiger partial charge is 0.303 e. The van der Waals surface area contributed by atoms with Crippen molar-refractivity contribution < 1.29 is 14.3 Å². The molecule has 6 heteroatoms. The van der Waals surface area contributed by atoms with E-state index in [4.69, 9.17) is 4.74 Å². The van der Waals surface area contributed by atoms with Crippen molar-refractivity contribution in [1.29, 1.82) is 0 Å². The lowest BCUT2D eigenvalue weighted by atomic mass is 10.1. The summed E-state index contributed by atoms with van der Waals surface area (Å²) in [4.78, 5) is 30.0. The van der Waals surface area contributed by atoms with Crippen LogP contribution in [0.15, 0.2) is 59.5 Å². The monoisotopic (exact) mass is 384 g/mol. The highest BCUT2D eigenvalue weighted by molar-refractivity contribution is 7.99. The van der Waals surface area contributed by atoms with Gasteiger partial charge in [0, 0.05) is 24.9 Å². The van der Waals surface area contributed by atoms with Crippen molar-refractivity contribution in [3.8, 4) is 0 Å². The van der Waals surface area contributed by atoms with E-state index in [0.29, 0.717) is 13.1 Å². The van der Waals surface area contributed by atoms with Gasteiger partial charge in [-0.05, 0) is 31.8 Å². The normalized spacial score (nSPS) is 19.6. The Bertz CT molecular complexity index is 810. The highest BCUT2D eigenvalue weighted by Gasteiger charge is 2.40. The largest absolute Gasteiger partial charge is 0.451 e. The van der Waals surface area contributed by atoms with Gasteiger partial charge in [0.2, 0.25) is 0 Å². The molecule has 0 radical (unpaired) electrons. The molecule has 0 N–H and O–H groups in total. The molecule has 1 aliphatic heterocycles. The van der Waals surface area contributed by atoms with E-state index < -0.39 is 12.1 Å². The summed E-state index contributed by atoms with van der Waals surface area (Å²) in [5, 5.41) is -0.298. The van der Waals surface area contributed by atoms with Gasteiger partial charge in [0.15, 0.2) is 6.10 Å². The Kier molecular flexibility index (Phi) is 6.19. The first kappa shape index (κ1) is 19.5. The lowest BCUT2D eigenvalue weighted by molar-refractivity contribution is -0.152. The summed E-state index contributed by atoms with van der Waals surface area (Å²) >= 11 is 1.57. The molecule has 2 atom stereocenters. The molecule has 0 aromatic heterocycles. The molecule has 0 saturated carbocycles. The summed E-state index contributed by atoms with van der Waals surface area (Å²) in [7, 11) is 3.94. The second-order valence-corrected chi connectivity index (χ2v) is 7.92. The maximum Gasteiger partial charge on any atom is 0.303 e. The minimum absolute atomic E-state index is 0.182. The van der Waals surface area contributed by atoms with E-state index in [9.17, 15) is 9.59 Å². The van der Waals surface area contributed by atoms with Crippen molar-refractivity contribution in [3.63, 3.8) is 0 Å². The molecule has 1 heterocycles. The van der Waals surface area contributed by atoms with Crippen molar-refractivity contribution in [2.75, 3.05) is 32.1 Å². The molecule has 3 rings (SSSR count). The van der Waals surface area contributed by atoms with Crippen LogP contribution in [0.3, 0.4) is 0 Å². The number of esters is 1. The molecule has 0 spiro atoms. The Hall–Kier alpha value is -2.31. The number of rotatable bonds is 5. The summed E-state index contributed by atoms with van der Waals surface area (Å²) in [6.45, 7) is 2.60. The molecule has 0 bridgehead atoms. The van der Waals surface area contributed by atoms with E-state index in [-0.39, 0.29) is 11.2 Å². The second-order valence-electron chi connectivity index (χ2n) is 6.74. The first-order valence-electron chi connectivity index (χ1n) is 8.91. The van der Waals surface area contributed by atoms with E-state index in [1.807, 2.05) is 73.6 Å². The van der Waals surface area contributed by atoms with Crippen LogP contribution in [0, 0.1) is 0 Å². The quantitative estimate of drug-likeness (QED) is 0.740. The lowest BCUT2D eigenvalue weighted by Crippen LogP contribution is -2.45. The first-order valence-corrected chi connectivity index (χ1v) is 9.79. The number of carbonyl (C=O) groups excluding carboxylic acids is 2. The number of ether oxygens (including phenoxy) is 1. The average molecular weight is 385 g/mol. The van der Waals surface area contributed by atoms with E-state index in [2.05, 4.69) is 0 Å². The van der Waals surface area contributed by atoms with Gasteiger partial charge in [-0.1, -0.05) is 42.5 Å². The molecule has 0 fully saturated rings. The predicted octanol–water partition coefficient (Wildman–Crippen LogP) is 3.36. The van der Waals surface area contributed by atoms with Crippen LogP contribution in [0.25, 0.3) is 0 Å². The minimum Gasteiger partial charge on any atom is -0.451 e. The number of carbonyl (C=O) groups is 2. The zero-order valence-electron chi connectivity index (χ0n) is 15.8. The van der Waals surface area contributed by atoms with Crippen LogP contribution in [-0.2, 0) is 14.3 Å². The maximum absolute atomic E-state index is 13.5. The van der Waals surface area contributed by atoms with Crippen LogP contribution < -0.4 is 4.90 Å². The molecule has 5 nitrogen and oxygen atoms in total. The molecule has 0 aliphatic carbocycles. The third-order valence-corrected chi connectivity index (χ3v) is 5.76. The first-order chi connectivity index (χ1) is 13.0.